The molecule has 0 aliphatic rings. The van der Waals surface area contributed by atoms with Crippen molar-refractivity contribution < 1.29 is 13.9 Å². The highest BCUT2D eigenvalue weighted by atomic mass is 19.1. The SMILES string of the molecule is COC(C)(Cc1ccccc1)C(=O)Cc1cc2cccc(F)c2nc1C. The van der Waals surface area contributed by atoms with Gasteiger partial charge in [-0.3, -0.25) is 4.79 Å². The van der Waals surface area contributed by atoms with E-state index < -0.39 is 5.60 Å². The van der Waals surface area contributed by atoms with Gasteiger partial charge in [0.1, 0.15) is 16.9 Å². The zero-order valence-electron chi connectivity index (χ0n) is 15.3. The molecule has 1 atom stereocenters. The molecule has 0 saturated carbocycles. The van der Waals surface area contributed by atoms with E-state index in [1.54, 1.807) is 26.2 Å². The van der Waals surface area contributed by atoms with Crippen LogP contribution in [0.4, 0.5) is 4.39 Å². The fourth-order valence-corrected chi connectivity index (χ4v) is 3.11. The number of Topliss-reactive ketones (excluding diaryl/α,β-unsaturated/α-hetero) is 1. The van der Waals surface area contributed by atoms with Crippen LogP contribution in [0.5, 0.6) is 0 Å². The molecule has 0 aliphatic carbocycles. The lowest BCUT2D eigenvalue weighted by molar-refractivity contribution is -0.138. The second-order valence-corrected chi connectivity index (χ2v) is 6.74. The minimum atomic E-state index is -0.926. The summed E-state index contributed by atoms with van der Waals surface area (Å²) in [4.78, 5) is 17.4. The lowest BCUT2D eigenvalue weighted by Crippen LogP contribution is -2.41. The zero-order valence-corrected chi connectivity index (χ0v) is 15.3. The molecule has 1 aromatic heterocycles. The lowest BCUT2D eigenvalue weighted by atomic mass is 9.88. The summed E-state index contributed by atoms with van der Waals surface area (Å²) in [5.74, 6) is -0.376. The van der Waals surface area contributed by atoms with E-state index >= 15 is 0 Å². The van der Waals surface area contributed by atoms with Crippen molar-refractivity contribution in [1.82, 2.24) is 4.98 Å². The molecule has 0 fully saturated rings. The summed E-state index contributed by atoms with van der Waals surface area (Å²) in [6, 6.07) is 16.5. The van der Waals surface area contributed by atoms with Gasteiger partial charge in [-0.25, -0.2) is 9.37 Å². The number of hydrogen-bond acceptors (Lipinski definition) is 3. The van der Waals surface area contributed by atoms with Gasteiger partial charge in [-0.1, -0.05) is 42.5 Å². The van der Waals surface area contributed by atoms with Crippen LogP contribution in [-0.4, -0.2) is 23.5 Å². The fraction of sp³-hybridized carbons (Fsp3) is 0.273. The van der Waals surface area contributed by atoms with Crippen molar-refractivity contribution >= 4 is 16.7 Å². The molecule has 0 aliphatic heterocycles. The molecule has 3 aromatic rings. The number of methoxy groups -OCH3 is 1. The lowest BCUT2D eigenvalue weighted by Gasteiger charge is -2.27. The van der Waals surface area contributed by atoms with Gasteiger partial charge in [0, 0.05) is 31.0 Å². The van der Waals surface area contributed by atoms with Gasteiger partial charge in [0.15, 0.2) is 5.78 Å². The van der Waals surface area contributed by atoms with Gasteiger partial charge in [0.2, 0.25) is 0 Å². The number of halogens is 1. The van der Waals surface area contributed by atoms with Crippen LogP contribution in [0.3, 0.4) is 0 Å². The van der Waals surface area contributed by atoms with Crippen molar-refractivity contribution in [1.29, 1.82) is 0 Å². The van der Waals surface area contributed by atoms with E-state index in [9.17, 15) is 9.18 Å². The molecule has 0 saturated heterocycles. The first-order chi connectivity index (χ1) is 12.4. The monoisotopic (exact) mass is 351 g/mol. The van der Waals surface area contributed by atoms with Crippen LogP contribution < -0.4 is 0 Å². The molecular formula is C22H22FNO2. The van der Waals surface area contributed by atoms with E-state index in [1.807, 2.05) is 43.3 Å². The van der Waals surface area contributed by atoms with Gasteiger partial charge < -0.3 is 4.74 Å². The van der Waals surface area contributed by atoms with E-state index in [2.05, 4.69) is 4.98 Å². The van der Waals surface area contributed by atoms with Crippen molar-refractivity contribution in [3.05, 3.63) is 77.2 Å². The second-order valence-electron chi connectivity index (χ2n) is 6.74. The number of aryl methyl sites for hydroxylation is 1. The number of rotatable bonds is 6. The Morgan fingerprint density at radius 1 is 1.15 bits per heavy atom. The summed E-state index contributed by atoms with van der Waals surface area (Å²) in [7, 11) is 1.56. The Morgan fingerprint density at radius 3 is 2.58 bits per heavy atom. The van der Waals surface area contributed by atoms with Gasteiger partial charge in [0.05, 0.1) is 0 Å². The first-order valence-corrected chi connectivity index (χ1v) is 8.60. The molecule has 0 radical (unpaired) electrons. The van der Waals surface area contributed by atoms with Crippen LogP contribution in [0.25, 0.3) is 10.9 Å². The molecule has 2 aromatic carbocycles. The Labute approximate surface area is 152 Å². The predicted octanol–water partition coefficient (Wildman–Crippen LogP) is 4.44. The molecule has 0 N–H and O–H groups in total. The Hall–Kier alpha value is -2.59. The molecule has 0 amide bonds. The molecule has 26 heavy (non-hydrogen) atoms. The molecule has 1 unspecified atom stereocenters. The van der Waals surface area contributed by atoms with Gasteiger partial charge in [-0.05, 0) is 37.1 Å². The number of ether oxygens (including phenoxy) is 1. The maximum Gasteiger partial charge on any atom is 0.169 e. The summed E-state index contributed by atoms with van der Waals surface area (Å²) in [5, 5.41) is 0.695. The summed E-state index contributed by atoms with van der Waals surface area (Å²) in [6.45, 7) is 3.61. The minimum absolute atomic E-state index is 0.0236. The van der Waals surface area contributed by atoms with Gasteiger partial charge in [0.25, 0.3) is 0 Å². The molecular weight excluding hydrogens is 329 g/mol. The zero-order chi connectivity index (χ0) is 18.7. The maximum absolute atomic E-state index is 13.9. The largest absolute Gasteiger partial charge is 0.370 e. The number of carbonyl (C=O) groups is 1. The number of ketones is 1. The van der Waals surface area contributed by atoms with Crippen LogP contribution in [0, 0.1) is 12.7 Å². The first kappa shape index (κ1) is 18.2. The number of nitrogens with zero attached hydrogens (tertiary/aromatic N) is 1. The molecule has 1 heterocycles. The predicted molar refractivity (Wildman–Crippen MR) is 101 cm³/mol. The summed E-state index contributed by atoms with van der Waals surface area (Å²) >= 11 is 0. The van der Waals surface area contributed by atoms with Crippen LogP contribution in [0.1, 0.15) is 23.7 Å². The number of benzene rings is 2. The molecule has 134 valence electrons. The third-order valence-corrected chi connectivity index (χ3v) is 4.87. The van der Waals surface area contributed by atoms with E-state index in [0.717, 1.165) is 11.1 Å². The summed E-state index contributed by atoms with van der Waals surface area (Å²) in [6.07, 6.45) is 0.695. The highest BCUT2D eigenvalue weighted by Crippen LogP contribution is 2.24. The quantitative estimate of drug-likeness (QED) is 0.659. The standard InChI is InChI=1S/C22H22FNO2/c1-15-18(12-17-10-7-11-19(23)21(17)24-15)13-20(25)22(2,26-3)14-16-8-5-4-6-9-16/h4-12H,13-14H2,1-3H3. The molecule has 0 bridgehead atoms. The van der Waals surface area contributed by atoms with Gasteiger partial charge >= 0.3 is 0 Å². The molecule has 0 spiro atoms. The fourth-order valence-electron chi connectivity index (χ4n) is 3.11. The average Bonchev–Trinajstić information content (AvgIpc) is 2.64. The topological polar surface area (TPSA) is 39.2 Å². The van der Waals surface area contributed by atoms with E-state index in [-0.39, 0.29) is 18.0 Å². The number of para-hydroxylation sites is 1. The molecule has 3 nitrogen and oxygen atoms in total. The third-order valence-electron chi connectivity index (χ3n) is 4.87. The van der Waals surface area contributed by atoms with Crippen molar-refractivity contribution in [2.75, 3.05) is 7.11 Å². The highest BCUT2D eigenvalue weighted by molar-refractivity contribution is 5.90. The van der Waals surface area contributed by atoms with Crippen molar-refractivity contribution in [3.8, 4) is 0 Å². The smallest absolute Gasteiger partial charge is 0.169 e. The Balaban J connectivity index is 1.88. The Kier molecular flexibility index (Phi) is 5.14. The van der Waals surface area contributed by atoms with Crippen molar-refractivity contribution in [2.24, 2.45) is 0 Å². The summed E-state index contributed by atoms with van der Waals surface area (Å²) < 4.78 is 19.5. The number of fused-ring (bicyclic) bond motifs is 1. The van der Waals surface area contributed by atoms with Crippen LogP contribution in [-0.2, 0) is 22.4 Å². The third kappa shape index (κ3) is 3.65. The number of aromatic nitrogens is 1. The van der Waals surface area contributed by atoms with Crippen LogP contribution in [0.15, 0.2) is 54.6 Å². The van der Waals surface area contributed by atoms with Crippen LogP contribution >= 0.6 is 0 Å². The van der Waals surface area contributed by atoms with E-state index in [0.29, 0.717) is 23.0 Å². The molecule has 3 rings (SSSR count). The number of hydrogen-bond donors (Lipinski definition) is 0. The highest BCUT2D eigenvalue weighted by Gasteiger charge is 2.33. The van der Waals surface area contributed by atoms with Crippen LogP contribution in [0.2, 0.25) is 0 Å². The number of pyridine rings is 1. The Bertz CT molecular complexity index is 940. The van der Waals surface area contributed by atoms with Crippen molar-refractivity contribution in [3.63, 3.8) is 0 Å². The van der Waals surface area contributed by atoms with Gasteiger partial charge in [-0.15, -0.1) is 0 Å². The molecule has 4 heteroatoms. The maximum atomic E-state index is 13.9. The second kappa shape index (κ2) is 7.34. The minimum Gasteiger partial charge on any atom is -0.370 e. The Morgan fingerprint density at radius 2 is 1.88 bits per heavy atom. The van der Waals surface area contributed by atoms with E-state index in [1.165, 1.54) is 6.07 Å². The van der Waals surface area contributed by atoms with Gasteiger partial charge in [-0.2, -0.15) is 0 Å². The van der Waals surface area contributed by atoms with Crippen molar-refractivity contribution in [2.45, 2.75) is 32.3 Å². The normalized spacial score (nSPS) is 13.5. The van der Waals surface area contributed by atoms with E-state index in [4.69, 9.17) is 4.74 Å². The first-order valence-electron chi connectivity index (χ1n) is 8.60. The summed E-state index contributed by atoms with van der Waals surface area (Å²) in [5.41, 5.74) is 1.91. The number of carbonyl (C=O) groups excluding carboxylic acids is 1. The average molecular weight is 351 g/mol.